The molecule has 2 rings (SSSR count). The molecule has 2 nitrogen and oxygen atoms in total. The van der Waals surface area contributed by atoms with E-state index >= 15 is 0 Å². The zero-order chi connectivity index (χ0) is 13.1. The van der Waals surface area contributed by atoms with Gasteiger partial charge in [-0.1, -0.05) is 18.2 Å². The summed E-state index contributed by atoms with van der Waals surface area (Å²) < 4.78 is 14.2. The van der Waals surface area contributed by atoms with Gasteiger partial charge in [0.2, 0.25) is 0 Å². The Bertz CT molecular complexity index is 572. The minimum atomic E-state index is -0.599. The molecule has 0 aliphatic carbocycles. The van der Waals surface area contributed by atoms with E-state index in [4.69, 9.17) is 5.11 Å². The van der Waals surface area contributed by atoms with Gasteiger partial charge in [0.25, 0.3) is 0 Å². The molecule has 18 heavy (non-hydrogen) atoms. The molecule has 0 fully saturated rings. The Morgan fingerprint density at radius 3 is 2.78 bits per heavy atom. The Kier molecular flexibility index (Phi) is 3.87. The van der Waals surface area contributed by atoms with Crippen molar-refractivity contribution < 1.29 is 9.50 Å². The van der Waals surface area contributed by atoms with Crippen LogP contribution in [0.25, 0.3) is 0 Å². The van der Waals surface area contributed by atoms with E-state index in [1.54, 1.807) is 6.07 Å². The standard InChI is InChI=1S/C14H13BrFNO/c1-9-3-2-4-12(14(9)15)17-8-10-5-6-13(18)11(16)7-10/h2-7,17-18H,8H2,1H3. The van der Waals surface area contributed by atoms with Crippen LogP contribution in [-0.4, -0.2) is 5.11 Å². The first kappa shape index (κ1) is 12.9. The number of nitrogens with one attached hydrogen (secondary N) is 1. The van der Waals surface area contributed by atoms with E-state index in [2.05, 4.69) is 21.2 Å². The third-order valence-electron chi connectivity index (χ3n) is 2.69. The van der Waals surface area contributed by atoms with Gasteiger partial charge in [0.15, 0.2) is 11.6 Å². The van der Waals surface area contributed by atoms with E-state index in [9.17, 15) is 4.39 Å². The van der Waals surface area contributed by atoms with Gasteiger partial charge in [-0.05, 0) is 52.2 Å². The number of phenols is 1. The summed E-state index contributed by atoms with van der Waals surface area (Å²) >= 11 is 3.50. The summed E-state index contributed by atoms with van der Waals surface area (Å²) in [4.78, 5) is 0. The van der Waals surface area contributed by atoms with Crippen molar-refractivity contribution in [3.05, 3.63) is 57.8 Å². The third kappa shape index (κ3) is 2.82. The topological polar surface area (TPSA) is 32.3 Å². The maximum atomic E-state index is 13.2. The molecule has 0 aromatic heterocycles. The Balaban J connectivity index is 2.11. The van der Waals surface area contributed by atoms with E-state index in [0.717, 1.165) is 21.3 Å². The lowest BCUT2D eigenvalue weighted by molar-refractivity contribution is 0.432. The number of hydrogen-bond acceptors (Lipinski definition) is 2. The average Bonchev–Trinajstić information content (AvgIpc) is 2.35. The first-order valence-electron chi connectivity index (χ1n) is 5.54. The Labute approximate surface area is 114 Å². The van der Waals surface area contributed by atoms with Crippen molar-refractivity contribution in [3.8, 4) is 5.75 Å². The van der Waals surface area contributed by atoms with E-state index in [1.165, 1.54) is 12.1 Å². The molecule has 0 aliphatic rings. The zero-order valence-corrected chi connectivity index (χ0v) is 11.5. The van der Waals surface area contributed by atoms with Crippen molar-refractivity contribution in [2.24, 2.45) is 0 Å². The monoisotopic (exact) mass is 309 g/mol. The van der Waals surface area contributed by atoms with Gasteiger partial charge in [-0.15, -0.1) is 0 Å². The van der Waals surface area contributed by atoms with Gasteiger partial charge in [0.05, 0.1) is 0 Å². The van der Waals surface area contributed by atoms with E-state index < -0.39 is 5.82 Å². The van der Waals surface area contributed by atoms with Crippen LogP contribution >= 0.6 is 15.9 Å². The molecule has 2 aromatic carbocycles. The van der Waals surface area contributed by atoms with Gasteiger partial charge < -0.3 is 10.4 Å². The number of phenolic OH excluding ortho intramolecular Hbond substituents is 1. The highest BCUT2D eigenvalue weighted by Crippen LogP contribution is 2.26. The second kappa shape index (κ2) is 5.40. The van der Waals surface area contributed by atoms with E-state index in [-0.39, 0.29) is 5.75 Å². The molecule has 2 N–H and O–H groups in total. The fourth-order valence-electron chi connectivity index (χ4n) is 1.64. The molecule has 94 valence electrons. The summed E-state index contributed by atoms with van der Waals surface area (Å²) in [6.45, 7) is 2.51. The molecule has 0 spiro atoms. The van der Waals surface area contributed by atoms with Crippen LogP contribution in [0, 0.1) is 12.7 Å². The van der Waals surface area contributed by atoms with Gasteiger partial charge in [-0.3, -0.25) is 0 Å². The van der Waals surface area contributed by atoms with Crippen molar-refractivity contribution >= 4 is 21.6 Å². The predicted molar refractivity (Wildman–Crippen MR) is 74.3 cm³/mol. The number of halogens is 2. The number of aryl methyl sites for hydroxylation is 1. The summed E-state index contributed by atoms with van der Waals surface area (Å²) in [5, 5.41) is 12.3. The Morgan fingerprint density at radius 2 is 2.06 bits per heavy atom. The highest BCUT2D eigenvalue weighted by molar-refractivity contribution is 9.10. The van der Waals surface area contributed by atoms with E-state index in [0.29, 0.717) is 6.54 Å². The highest BCUT2D eigenvalue weighted by Gasteiger charge is 2.04. The lowest BCUT2D eigenvalue weighted by Gasteiger charge is -2.10. The summed E-state index contributed by atoms with van der Waals surface area (Å²) in [5.74, 6) is -0.923. The summed E-state index contributed by atoms with van der Waals surface area (Å²) in [7, 11) is 0. The molecule has 4 heteroatoms. The second-order valence-electron chi connectivity index (χ2n) is 4.08. The van der Waals surface area contributed by atoms with Crippen LogP contribution in [0.2, 0.25) is 0 Å². The molecule has 0 heterocycles. The molecule has 0 saturated carbocycles. The molecule has 0 amide bonds. The number of anilines is 1. The van der Waals surface area contributed by atoms with Gasteiger partial charge in [-0.2, -0.15) is 0 Å². The van der Waals surface area contributed by atoms with Crippen LogP contribution in [0.3, 0.4) is 0 Å². The van der Waals surface area contributed by atoms with Gasteiger partial charge in [0.1, 0.15) is 0 Å². The van der Waals surface area contributed by atoms with Crippen molar-refractivity contribution in [1.29, 1.82) is 0 Å². The fourth-order valence-corrected chi connectivity index (χ4v) is 2.05. The van der Waals surface area contributed by atoms with Crippen LogP contribution < -0.4 is 5.32 Å². The first-order chi connectivity index (χ1) is 8.58. The minimum Gasteiger partial charge on any atom is -0.505 e. The van der Waals surface area contributed by atoms with Crippen LogP contribution in [0.4, 0.5) is 10.1 Å². The number of rotatable bonds is 3. The van der Waals surface area contributed by atoms with Crippen molar-refractivity contribution in [2.75, 3.05) is 5.32 Å². The second-order valence-corrected chi connectivity index (χ2v) is 4.87. The van der Waals surface area contributed by atoms with Crippen LogP contribution in [0.15, 0.2) is 40.9 Å². The minimum absolute atomic E-state index is 0.324. The average molecular weight is 310 g/mol. The molecule has 0 saturated heterocycles. The smallest absolute Gasteiger partial charge is 0.165 e. The number of hydrogen-bond donors (Lipinski definition) is 2. The predicted octanol–water partition coefficient (Wildman–Crippen LogP) is 4.21. The quantitative estimate of drug-likeness (QED) is 0.890. The molecular weight excluding hydrogens is 297 g/mol. The maximum absolute atomic E-state index is 13.2. The molecule has 0 radical (unpaired) electrons. The lowest BCUT2D eigenvalue weighted by atomic mass is 10.2. The first-order valence-corrected chi connectivity index (χ1v) is 6.33. The zero-order valence-electron chi connectivity index (χ0n) is 9.87. The van der Waals surface area contributed by atoms with Gasteiger partial charge >= 0.3 is 0 Å². The van der Waals surface area contributed by atoms with Gasteiger partial charge in [-0.25, -0.2) is 4.39 Å². The normalized spacial score (nSPS) is 10.4. The maximum Gasteiger partial charge on any atom is 0.165 e. The Morgan fingerprint density at radius 1 is 1.28 bits per heavy atom. The number of aromatic hydroxyl groups is 1. The van der Waals surface area contributed by atoms with Crippen LogP contribution in [-0.2, 0) is 6.54 Å². The van der Waals surface area contributed by atoms with Crippen LogP contribution in [0.1, 0.15) is 11.1 Å². The van der Waals surface area contributed by atoms with Gasteiger partial charge in [0, 0.05) is 16.7 Å². The van der Waals surface area contributed by atoms with Crippen molar-refractivity contribution in [2.45, 2.75) is 13.5 Å². The SMILES string of the molecule is Cc1cccc(NCc2ccc(O)c(F)c2)c1Br. The Hall–Kier alpha value is -1.55. The summed E-state index contributed by atoms with van der Waals surface area (Å²) in [6.07, 6.45) is 0. The molecule has 0 unspecified atom stereocenters. The molecule has 2 aromatic rings. The van der Waals surface area contributed by atoms with Crippen molar-refractivity contribution in [3.63, 3.8) is 0 Å². The number of benzene rings is 2. The molecule has 0 atom stereocenters. The molecular formula is C14H13BrFNO. The molecule has 0 aliphatic heterocycles. The third-order valence-corrected chi connectivity index (χ3v) is 3.74. The van der Waals surface area contributed by atoms with Crippen molar-refractivity contribution in [1.82, 2.24) is 0 Å². The van der Waals surface area contributed by atoms with Crippen LogP contribution in [0.5, 0.6) is 5.75 Å². The lowest BCUT2D eigenvalue weighted by Crippen LogP contribution is -2.01. The summed E-state index contributed by atoms with van der Waals surface area (Å²) in [6, 6.07) is 10.3. The largest absolute Gasteiger partial charge is 0.505 e. The highest BCUT2D eigenvalue weighted by atomic mass is 79.9. The fraction of sp³-hybridized carbons (Fsp3) is 0.143. The van der Waals surface area contributed by atoms with E-state index in [1.807, 2.05) is 25.1 Å². The molecule has 0 bridgehead atoms. The summed E-state index contributed by atoms with van der Waals surface area (Å²) in [5.41, 5.74) is 2.87.